The van der Waals surface area contributed by atoms with Gasteiger partial charge in [0.15, 0.2) is 5.69 Å². The molecule has 2 aromatic heterocycles. The number of halogens is 1. The maximum atomic E-state index is 14.0. The van der Waals surface area contributed by atoms with Crippen LogP contribution in [0.4, 0.5) is 10.2 Å². The lowest BCUT2D eigenvalue weighted by Crippen LogP contribution is -2.27. The van der Waals surface area contributed by atoms with Crippen molar-refractivity contribution in [2.24, 2.45) is 0 Å². The van der Waals surface area contributed by atoms with Crippen LogP contribution < -0.4 is 10.7 Å². The van der Waals surface area contributed by atoms with E-state index in [-0.39, 0.29) is 11.4 Å². The molecule has 0 saturated heterocycles. The minimum atomic E-state index is -0.701. The van der Waals surface area contributed by atoms with Crippen molar-refractivity contribution in [3.8, 4) is 5.69 Å². The molecule has 0 radical (unpaired) electrons. The highest BCUT2D eigenvalue weighted by Gasteiger charge is 2.17. The van der Waals surface area contributed by atoms with Crippen molar-refractivity contribution in [3.63, 3.8) is 0 Å². The quantitative estimate of drug-likeness (QED) is 0.796. The summed E-state index contributed by atoms with van der Waals surface area (Å²) in [6.07, 6.45) is 1.55. The highest BCUT2D eigenvalue weighted by atomic mass is 19.1. The van der Waals surface area contributed by atoms with Gasteiger partial charge in [0.25, 0.3) is 5.91 Å². The number of aryl methyl sites for hydroxylation is 2. The van der Waals surface area contributed by atoms with Gasteiger partial charge in [-0.3, -0.25) is 9.59 Å². The first kappa shape index (κ1) is 16.5. The fraction of sp³-hybridized carbons (Fsp3) is 0.111. The second-order valence-corrected chi connectivity index (χ2v) is 5.53. The molecule has 0 aliphatic heterocycles. The van der Waals surface area contributed by atoms with E-state index in [0.717, 1.165) is 5.56 Å². The van der Waals surface area contributed by atoms with E-state index in [9.17, 15) is 14.0 Å². The first-order valence-electron chi connectivity index (χ1n) is 7.55. The molecule has 0 aliphatic rings. The van der Waals surface area contributed by atoms with E-state index in [1.165, 1.54) is 22.9 Å². The van der Waals surface area contributed by atoms with Crippen molar-refractivity contribution in [3.05, 3.63) is 81.7 Å². The summed E-state index contributed by atoms with van der Waals surface area (Å²) in [5.74, 6) is -0.897. The Morgan fingerprint density at radius 2 is 1.92 bits per heavy atom. The fourth-order valence-electron chi connectivity index (χ4n) is 2.35. The summed E-state index contributed by atoms with van der Waals surface area (Å²) >= 11 is 0. The van der Waals surface area contributed by atoms with Crippen LogP contribution in [-0.2, 0) is 0 Å². The summed E-state index contributed by atoms with van der Waals surface area (Å²) in [6.45, 7) is 3.47. The van der Waals surface area contributed by atoms with Gasteiger partial charge in [-0.25, -0.2) is 14.1 Å². The summed E-state index contributed by atoms with van der Waals surface area (Å²) in [4.78, 5) is 28.6. The molecule has 25 heavy (non-hydrogen) atoms. The minimum absolute atomic E-state index is 0.155. The third kappa shape index (κ3) is 3.45. The van der Waals surface area contributed by atoms with Crippen molar-refractivity contribution < 1.29 is 9.18 Å². The number of hydrogen-bond donors (Lipinski definition) is 1. The van der Waals surface area contributed by atoms with Gasteiger partial charge in [-0.2, -0.15) is 5.10 Å². The molecule has 0 bridgehead atoms. The van der Waals surface area contributed by atoms with Gasteiger partial charge >= 0.3 is 0 Å². The van der Waals surface area contributed by atoms with Crippen LogP contribution in [0.3, 0.4) is 0 Å². The molecular formula is C18H15FN4O2. The Balaban J connectivity index is 2.02. The van der Waals surface area contributed by atoms with Gasteiger partial charge in [-0.15, -0.1) is 0 Å². The zero-order valence-electron chi connectivity index (χ0n) is 13.7. The second-order valence-electron chi connectivity index (χ2n) is 5.53. The molecule has 0 spiro atoms. The smallest absolute Gasteiger partial charge is 0.281 e. The first-order chi connectivity index (χ1) is 12.0. The zero-order chi connectivity index (χ0) is 18.0. The van der Waals surface area contributed by atoms with E-state index in [2.05, 4.69) is 15.4 Å². The molecule has 1 N–H and O–H groups in total. The van der Waals surface area contributed by atoms with Crippen molar-refractivity contribution >= 4 is 11.7 Å². The number of amides is 1. The topological polar surface area (TPSA) is 76.9 Å². The van der Waals surface area contributed by atoms with Crippen molar-refractivity contribution in [1.29, 1.82) is 0 Å². The van der Waals surface area contributed by atoms with E-state index in [1.807, 2.05) is 6.92 Å². The van der Waals surface area contributed by atoms with Gasteiger partial charge in [-0.05, 0) is 43.7 Å². The van der Waals surface area contributed by atoms with Crippen LogP contribution in [0, 0.1) is 19.7 Å². The highest BCUT2D eigenvalue weighted by Crippen LogP contribution is 2.13. The largest absolute Gasteiger partial charge is 0.305 e. The number of para-hydroxylation sites is 1. The van der Waals surface area contributed by atoms with Gasteiger partial charge < -0.3 is 5.32 Å². The highest BCUT2D eigenvalue weighted by molar-refractivity contribution is 6.02. The summed E-state index contributed by atoms with van der Waals surface area (Å²) in [5, 5.41) is 6.58. The third-order valence-electron chi connectivity index (χ3n) is 3.56. The molecular weight excluding hydrogens is 323 g/mol. The van der Waals surface area contributed by atoms with Crippen LogP contribution in [0.5, 0.6) is 0 Å². The molecule has 7 heteroatoms. The lowest BCUT2D eigenvalue weighted by Gasteiger charge is -2.12. The van der Waals surface area contributed by atoms with Crippen LogP contribution in [-0.4, -0.2) is 20.7 Å². The molecule has 3 aromatic rings. The number of aromatic nitrogens is 3. The van der Waals surface area contributed by atoms with Crippen LogP contribution in [0.15, 0.2) is 53.5 Å². The van der Waals surface area contributed by atoms with Gasteiger partial charge in [0.1, 0.15) is 17.3 Å². The van der Waals surface area contributed by atoms with Crippen molar-refractivity contribution in [2.45, 2.75) is 13.8 Å². The molecule has 0 fully saturated rings. The van der Waals surface area contributed by atoms with E-state index < -0.39 is 17.2 Å². The first-order valence-corrected chi connectivity index (χ1v) is 7.55. The molecule has 0 saturated carbocycles. The predicted octanol–water partition coefficient (Wildman–Crippen LogP) is 2.64. The number of rotatable bonds is 3. The lowest BCUT2D eigenvalue weighted by molar-refractivity contribution is 0.101. The number of anilines is 1. The zero-order valence-corrected chi connectivity index (χ0v) is 13.7. The molecule has 126 valence electrons. The molecule has 0 aliphatic carbocycles. The van der Waals surface area contributed by atoms with E-state index in [0.29, 0.717) is 11.5 Å². The Kier molecular flexibility index (Phi) is 4.38. The van der Waals surface area contributed by atoms with Gasteiger partial charge in [0.2, 0.25) is 5.43 Å². The van der Waals surface area contributed by atoms with Crippen LogP contribution >= 0.6 is 0 Å². The molecule has 3 rings (SSSR count). The van der Waals surface area contributed by atoms with Crippen LogP contribution in [0.2, 0.25) is 0 Å². The van der Waals surface area contributed by atoms with E-state index >= 15 is 0 Å². The maximum Gasteiger partial charge on any atom is 0.281 e. The monoisotopic (exact) mass is 338 g/mol. The molecule has 0 atom stereocenters. The van der Waals surface area contributed by atoms with Crippen molar-refractivity contribution in [2.75, 3.05) is 5.32 Å². The number of hydrogen-bond acceptors (Lipinski definition) is 4. The Labute approximate surface area is 143 Å². The van der Waals surface area contributed by atoms with E-state index in [1.54, 1.807) is 37.4 Å². The average Bonchev–Trinajstić information content (AvgIpc) is 2.56. The van der Waals surface area contributed by atoms with Gasteiger partial charge in [0, 0.05) is 18.0 Å². The standard InChI is InChI=1S/C18H15FN4O2/c1-11-7-8-20-16(9-11)21-18(25)17-15(24)10-12(2)23(22-17)14-6-4-3-5-13(14)19/h3-10H,1-2H3,(H,20,21,25). The average molecular weight is 338 g/mol. The van der Waals surface area contributed by atoms with Crippen molar-refractivity contribution in [1.82, 2.24) is 14.8 Å². The predicted molar refractivity (Wildman–Crippen MR) is 91.5 cm³/mol. The van der Waals surface area contributed by atoms with E-state index in [4.69, 9.17) is 0 Å². The van der Waals surface area contributed by atoms with Crippen LogP contribution in [0.25, 0.3) is 5.69 Å². The molecule has 2 heterocycles. The SMILES string of the molecule is Cc1ccnc(NC(=O)c2nn(-c3ccccc3F)c(C)cc2=O)c1. The summed E-state index contributed by atoms with van der Waals surface area (Å²) < 4.78 is 15.3. The molecule has 1 aromatic carbocycles. The maximum absolute atomic E-state index is 14.0. The number of carbonyl (C=O) groups is 1. The molecule has 6 nitrogen and oxygen atoms in total. The lowest BCUT2D eigenvalue weighted by atomic mass is 10.2. The number of nitrogens with one attached hydrogen (secondary N) is 1. The molecule has 1 amide bonds. The Morgan fingerprint density at radius 3 is 2.64 bits per heavy atom. The second kappa shape index (κ2) is 6.64. The number of carbonyl (C=O) groups excluding carboxylic acids is 1. The fourth-order valence-corrected chi connectivity index (χ4v) is 2.35. The number of pyridine rings is 1. The van der Waals surface area contributed by atoms with Gasteiger partial charge in [0.05, 0.1) is 0 Å². The van der Waals surface area contributed by atoms with Crippen LogP contribution in [0.1, 0.15) is 21.7 Å². The Bertz CT molecular complexity index is 1010. The summed E-state index contributed by atoms with van der Waals surface area (Å²) in [6, 6.07) is 10.7. The van der Waals surface area contributed by atoms with Gasteiger partial charge in [-0.1, -0.05) is 12.1 Å². The Hall–Kier alpha value is -3.35. The third-order valence-corrected chi connectivity index (χ3v) is 3.56. The number of benzene rings is 1. The summed E-state index contributed by atoms with van der Waals surface area (Å²) in [5.41, 5.74) is 0.599. The summed E-state index contributed by atoms with van der Waals surface area (Å²) in [7, 11) is 0. The number of nitrogens with zero attached hydrogens (tertiary/aromatic N) is 3. The Morgan fingerprint density at radius 1 is 1.16 bits per heavy atom. The molecule has 0 unspecified atom stereocenters. The normalized spacial score (nSPS) is 10.5. The minimum Gasteiger partial charge on any atom is -0.305 e.